The molecule has 0 aromatic carbocycles. The molecule has 10 nitrogen and oxygen atoms in total. The van der Waals surface area contributed by atoms with E-state index >= 15 is 0 Å². The van der Waals surface area contributed by atoms with Crippen LogP contribution >= 0.6 is 0 Å². The second-order valence-electron chi connectivity index (χ2n) is 5.87. The zero-order valence-corrected chi connectivity index (χ0v) is 14.5. The topological polar surface area (TPSA) is 102 Å². The quantitative estimate of drug-likeness (QED) is 0.630. The van der Waals surface area contributed by atoms with Crippen molar-refractivity contribution in [3.05, 3.63) is 49.3 Å². The number of anilines is 1. The highest BCUT2D eigenvalue weighted by atomic mass is 16.5. The average molecular weight is 366 g/mol. The molecular formula is C17H18N8O2. The Bertz CT molecular complexity index is 879. The van der Waals surface area contributed by atoms with Crippen molar-refractivity contribution in [2.75, 3.05) is 37.7 Å². The first-order valence-corrected chi connectivity index (χ1v) is 8.54. The summed E-state index contributed by atoms with van der Waals surface area (Å²) in [5.41, 5.74) is 0. The highest BCUT2D eigenvalue weighted by molar-refractivity contribution is 5.78. The third-order valence-electron chi connectivity index (χ3n) is 4.20. The Hall–Kier alpha value is -3.56. The third-order valence-corrected chi connectivity index (χ3v) is 4.20. The summed E-state index contributed by atoms with van der Waals surface area (Å²) in [6, 6.07) is 5.63. The molecule has 3 aromatic rings. The Balaban J connectivity index is 1.32. The monoisotopic (exact) mass is 366 g/mol. The van der Waals surface area contributed by atoms with Gasteiger partial charge in [-0.15, -0.1) is 0 Å². The van der Waals surface area contributed by atoms with Crippen LogP contribution in [0.15, 0.2) is 49.3 Å². The molecule has 0 spiro atoms. The summed E-state index contributed by atoms with van der Waals surface area (Å²) in [4.78, 5) is 32.7. The molecule has 138 valence electrons. The summed E-state index contributed by atoms with van der Waals surface area (Å²) >= 11 is 0. The second-order valence-corrected chi connectivity index (χ2v) is 5.87. The minimum absolute atomic E-state index is 0.0685. The van der Waals surface area contributed by atoms with E-state index in [9.17, 15) is 4.79 Å². The molecule has 0 aliphatic carbocycles. The first kappa shape index (κ1) is 16.9. The summed E-state index contributed by atoms with van der Waals surface area (Å²) in [6.07, 6.45) is 8.21. The van der Waals surface area contributed by atoms with Crippen molar-refractivity contribution in [2.24, 2.45) is 0 Å². The average Bonchev–Trinajstić information content (AvgIpc) is 3.28. The molecule has 0 saturated carbocycles. The Labute approximate surface area is 155 Å². The smallest absolute Gasteiger partial charge is 0.316 e. The summed E-state index contributed by atoms with van der Waals surface area (Å²) in [7, 11) is 0. The van der Waals surface area contributed by atoms with E-state index in [1.165, 1.54) is 6.33 Å². The number of amides is 1. The van der Waals surface area contributed by atoms with Gasteiger partial charge in [-0.2, -0.15) is 5.10 Å². The van der Waals surface area contributed by atoms with Crippen LogP contribution in [-0.4, -0.2) is 73.3 Å². The predicted octanol–water partition coefficient (Wildman–Crippen LogP) is 0.180. The van der Waals surface area contributed by atoms with Crippen LogP contribution in [0.5, 0.6) is 6.01 Å². The first-order chi connectivity index (χ1) is 13.3. The Kier molecular flexibility index (Phi) is 4.86. The molecule has 1 amide bonds. The lowest BCUT2D eigenvalue weighted by Gasteiger charge is -2.35. The number of carbonyl (C=O) groups is 1. The molecule has 1 fully saturated rings. The fraction of sp³-hybridized carbons (Fsp3) is 0.294. The fourth-order valence-electron chi connectivity index (χ4n) is 2.80. The van der Waals surface area contributed by atoms with Crippen LogP contribution in [-0.2, 0) is 4.79 Å². The fourth-order valence-corrected chi connectivity index (χ4v) is 2.80. The molecule has 1 saturated heterocycles. The minimum Gasteiger partial charge on any atom is -0.453 e. The zero-order chi connectivity index (χ0) is 18.5. The summed E-state index contributed by atoms with van der Waals surface area (Å²) < 4.78 is 7.02. The van der Waals surface area contributed by atoms with Gasteiger partial charge >= 0.3 is 6.01 Å². The molecule has 0 bridgehead atoms. The van der Waals surface area contributed by atoms with Gasteiger partial charge < -0.3 is 14.5 Å². The van der Waals surface area contributed by atoms with Gasteiger partial charge in [0.2, 0.25) is 0 Å². The van der Waals surface area contributed by atoms with Crippen molar-refractivity contribution >= 4 is 11.7 Å². The second kappa shape index (κ2) is 7.77. The van der Waals surface area contributed by atoms with Gasteiger partial charge in [-0.25, -0.2) is 24.6 Å². The van der Waals surface area contributed by atoms with Crippen LogP contribution in [0.3, 0.4) is 0 Å². The summed E-state index contributed by atoms with van der Waals surface area (Å²) in [5, 5.41) is 4.18. The Morgan fingerprint density at radius 2 is 1.74 bits per heavy atom. The van der Waals surface area contributed by atoms with Gasteiger partial charge in [0, 0.05) is 57.0 Å². The van der Waals surface area contributed by atoms with Crippen molar-refractivity contribution in [1.29, 1.82) is 0 Å². The van der Waals surface area contributed by atoms with Gasteiger partial charge in [0.1, 0.15) is 12.1 Å². The van der Waals surface area contributed by atoms with E-state index in [0.29, 0.717) is 32.0 Å². The van der Waals surface area contributed by atoms with Crippen LogP contribution in [0, 0.1) is 0 Å². The van der Waals surface area contributed by atoms with E-state index < -0.39 is 0 Å². The molecule has 0 radical (unpaired) electrons. The molecule has 1 aliphatic heterocycles. The number of rotatable bonds is 5. The van der Waals surface area contributed by atoms with E-state index in [2.05, 4.69) is 29.9 Å². The number of nitrogens with zero attached hydrogens (tertiary/aromatic N) is 8. The van der Waals surface area contributed by atoms with Gasteiger partial charge in [0.25, 0.3) is 5.91 Å². The number of hydrogen-bond donors (Lipinski definition) is 0. The van der Waals surface area contributed by atoms with Crippen LogP contribution in [0.1, 0.15) is 0 Å². The first-order valence-electron chi connectivity index (χ1n) is 8.54. The third kappa shape index (κ3) is 4.00. The zero-order valence-electron chi connectivity index (χ0n) is 14.5. The maximum Gasteiger partial charge on any atom is 0.316 e. The number of carbonyl (C=O) groups excluding carboxylic acids is 1. The van der Waals surface area contributed by atoms with E-state index in [1.807, 2.05) is 18.3 Å². The predicted molar refractivity (Wildman–Crippen MR) is 95.5 cm³/mol. The van der Waals surface area contributed by atoms with E-state index in [4.69, 9.17) is 4.74 Å². The summed E-state index contributed by atoms with van der Waals surface area (Å²) in [5.74, 6) is 1.44. The van der Waals surface area contributed by atoms with Gasteiger partial charge in [0.05, 0.1) is 0 Å². The minimum atomic E-state index is -0.0815. The van der Waals surface area contributed by atoms with Crippen molar-refractivity contribution in [3.63, 3.8) is 0 Å². The van der Waals surface area contributed by atoms with Crippen molar-refractivity contribution < 1.29 is 9.53 Å². The Morgan fingerprint density at radius 1 is 0.963 bits per heavy atom. The molecule has 0 unspecified atom stereocenters. The molecule has 0 N–H and O–H groups in total. The van der Waals surface area contributed by atoms with E-state index in [-0.39, 0.29) is 18.5 Å². The van der Waals surface area contributed by atoms with Gasteiger partial charge in [-0.3, -0.25) is 4.79 Å². The molecular weight excluding hydrogens is 348 g/mol. The normalized spacial score (nSPS) is 14.2. The van der Waals surface area contributed by atoms with Crippen molar-refractivity contribution in [1.82, 2.24) is 34.6 Å². The van der Waals surface area contributed by atoms with Crippen molar-refractivity contribution in [2.45, 2.75) is 0 Å². The van der Waals surface area contributed by atoms with Gasteiger partial charge in [-0.05, 0) is 12.1 Å². The van der Waals surface area contributed by atoms with Crippen LogP contribution in [0.2, 0.25) is 0 Å². The molecule has 3 aromatic heterocycles. The van der Waals surface area contributed by atoms with Crippen LogP contribution < -0.4 is 9.64 Å². The summed E-state index contributed by atoms with van der Waals surface area (Å²) in [6.45, 7) is 2.49. The van der Waals surface area contributed by atoms with Crippen molar-refractivity contribution in [3.8, 4) is 11.8 Å². The molecule has 4 rings (SSSR count). The lowest BCUT2D eigenvalue weighted by Crippen LogP contribution is -2.50. The molecule has 0 atom stereocenters. The molecule has 4 heterocycles. The highest BCUT2D eigenvalue weighted by Crippen LogP contribution is 2.15. The molecule has 1 aliphatic rings. The maximum absolute atomic E-state index is 12.3. The maximum atomic E-state index is 12.3. The van der Waals surface area contributed by atoms with E-state index in [0.717, 1.165) is 5.82 Å². The largest absolute Gasteiger partial charge is 0.453 e. The lowest BCUT2D eigenvalue weighted by molar-refractivity contribution is -0.133. The Morgan fingerprint density at radius 3 is 2.48 bits per heavy atom. The number of ether oxygens (including phenoxy) is 1. The van der Waals surface area contributed by atoms with Crippen LogP contribution in [0.4, 0.5) is 5.82 Å². The van der Waals surface area contributed by atoms with E-state index in [1.54, 1.807) is 34.2 Å². The number of piperazine rings is 1. The van der Waals surface area contributed by atoms with Gasteiger partial charge in [0.15, 0.2) is 12.4 Å². The van der Waals surface area contributed by atoms with Gasteiger partial charge in [-0.1, -0.05) is 0 Å². The number of hydrogen-bond acceptors (Lipinski definition) is 8. The molecule has 10 heteroatoms. The highest BCUT2D eigenvalue weighted by Gasteiger charge is 2.22. The van der Waals surface area contributed by atoms with Crippen LogP contribution in [0.25, 0.3) is 5.82 Å². The SMILES string of the molecule is O=C(COc1ncccn1)N1CCN(c2cc(-n3cccn3)ncn2)CC1. The number of aromatic nitrogens is 6. The molecule has 27 heavy (non-hydrogen) atoms. The standard InChI is InChI=1S/C17H18N8O2/c26-16(12-27-17-18-3-1-4-19-17)24-9-7-23(8-10-24)14-11-15(21-13-20-14)25-6-2-5-22-25/h1-6,11,13H,7-10,12H2. The lowest BCUT2D eigenvalue weighted by atomic mass is 10.3.